The first kappa shape index (κ1) is 17.6. The van der Waals surface area contributed by atoms with E-state index in [2.05, 4.69) is 79.7 Å². The third-order valence-corrected chi connectivity index (χ3v) is 4.54. The first-order valence-corrected chi connectivity index (χ1v) is 8.37. The van der Waals surface area contributed by atoms with Gasteiger partial charge >= 0.3 is 0 Å². The van der Waals surface area contributed by atoms with Crippen LogP contribution in [0.4, 0.5) is 0 Å². The number of rotatable bonds is 1. The molecule has 0 saturated heterocycles. The van der Waals surface area contributed by atoms with Crippen LogP contribution in [0.2, 0.25) is 0 Å². The summed E-state index contributed by atoms with van der Waals surface area (Å²) in [5, 5.41) is 10.4. The fourth-order valence-corrected chi connectivity index (χ4v) is 2.96. The maximum Gasteiger partial charge on any atom is 0.119 e. The van der Waals surface area contributed by atoms with Crippen molar-refractivity contribution in [3.63, 3.8) is 0 Å². The second-order valence-electron chi connectivity index (χ2n) is 8.71. The zero-order valence-electron chi connectivity index (χ0n) is 15.8. The van der Waals surface area contributed by atoms with Gasteiger partial charge in [-0.1, -0.05) is 59.7 Å². The number of phenols is 1. The van der Waals surface area contributed by atoms with Crippen molar-refractivity contribution >= 4 is 0 Å². The largest absolute Gasteiger partial charge is 0.508 e. The van der Waals surface area contributed by atoms with Crippen LogP contribution in [-0.2, 0) is 10.8 Å². The van der Waals surface area contributed by atoms with Crippen molar-refractivity contribution in [1.82, 2.24) is 0 Å². The van der Waals surface area contributed by atoms with Gasteiger partial charge in [0, 0.05) is 0 Å². The lowest BCUT2D eigenvalue weighted by atomic mass is 9.81. The Balaban J connectivity index is 2.72. The molecule has 23 heavy (non-hydrogen) atoms. The van der Waals surface area contributed by atoms with Crippen molar-refractivity contribution in [2.75, 3.05) is 0 Å². The minimum absolute atomic E-state index is 0.0813. The Labute approximate surface area is 141 Å². The highest BCUT2D eigenvalue weighted by atomic mass is 16.3. The molecular weight excluding hydrogens is 280 g/mol. The van der Waals surface area contributed by atoms with Gasteiger partial charge in [-0.25, -0.2) is 0 Å². The van der Waals surface area contributed by atoms with Crippen molar-refractivity contribution in [3.05, 3.63) is 52.6 Å². The Kier molecular flexibility index (Phi) is 4.36. The summed E-state index contributed by atoms with van der Waals surface area (Å²) >= 11 is 0. The number of hydrogen-bond donors (Lipinski definition) is 1. The standard InChI is InChI=1S/C22H30O/c1-14-9-10-16(21(3,4)5)12-17(14)18-13-19(22(6,7)8)20(23)11-15(18)2/h9-13,23H,1-8H3. The van der Waals surface area contributed by atoms with Crippen LogP contribution in [0, 0.1) is 13.8 Å². The second kappa shape index (κ2) is 5.70. The number of phenolic OH excluding ortho intramolecular Hbond substituents is 1. The summed E-state index contributed by atoms with van der Waals surface area (Å²) in [6.07, 6.45) is 0. The van der Waals surface area contributed by atoms with E-state index in [-0.39, 0.29) is 10.8 Å². The molecule has 0 aliphatic carbocycles. The molecule has 0 aliphatic rings. The lowest BCUT2D eigenvalue weighted by Crippen LogP contribution is -2.13. The van der Waals surface area contributed by atoms with Crippen LogP contribution < -0.4 is 0 Å². The summed E-state index contributed by atoms with van der Waals surface area (Å²) in [4.78, 5) is 0. The van der Waals surface area contributed by atoms with E-state index in [1.54, 1.807) is 0 Å². The van der Waals surface area contributed by atoms with Gasteiger partial charge in [0.1, 0.15) is 5.75 Å². The molecular formula is C22H30O. The van der Waals surface area contributed by atoms with Crippen molar-refractivity contribution in [2.24, 2.45) is 0 Å². The van der Waals surface area contributed by atoms with Gasteiger partial charge in [-0.3, -0.25) is 0 Å². The maximum atomic E-state index is 10.4. The van der Waals surface area contributed by atoms with Gasteiger partial charge < -0.3 is 5.11 Å². The molecule has 1 N–H and O–H groups in total. The lowest BCUT2D eigenvalue weighted by Gasteiger charge is -2.24. The molecule has 0 amide bonds. The zero-order chi connectivity index (χ0) is 17.6. The van der Waals surface area contributed by atoms with Gasteiger partial charge in [-0.15, -0.1) is 0 Å². The third-order valence-electron chi connectivity index (χ3n) is 4.54. The van der Waals surface area contributed by atoms with Gasteiger partial charge in [-0.05, 0) is 70.2 Å². The van der Waals surface area contributed by atoms with Gasteiger partial charge in [-0.2, -0.15) is 0 Å². The number of hydrogen-bond acceptors (Lipinski definition) is 1. The van der Waals surface area contributed by atoms with E-state index in [9.17, 15) is 5.11 Å². The van der Waals surface area contributed by atoms with E-state index in [1.807, 2.05) is 6.07 Å². The fourth-order valence-electron chi connectivity index (χ4n) is 2.96. The fraction of sp³-hybridized carbons (Fsp3) is 0.455. The minimum atomic E-state index is -0.0813. The highest BCUT2D eigenvalue weighted by Gasteiger charge is 2.21. The number of benzene rings is 2. The second-order valence-corrected chi connectivity index (χ2v) is 8.71. The number of aromatic hydroxyl groups is 1. The van der Waals surface area contributed by atoms with Crippen molar-refractivity contribution < 1.29 is 5.11 Å². The first-order chi connectivity index (χ1) is 10.4. The molecule has 0 bridgehead atoms. The average Bonchev–Trinajstić information content (AvgIpc) is 2.37. The van der Waals surface area contributed by atoms with E-state index in [1.165, 1.54) is 22.3 Å². The lowest BCUT2D eigenvalue weighted by molar-refractivity contribution is 0.446. The first-order valence-electron chi connectivity index (χ1n) is 8.37. The SMILES string of the molecule is Cc1ccc(C(C)(C)C)cc1-c1cc(C(C)(C)C)c(O)cc1C. The van der Waals surface area contributed by atoms with Crippen molar-refractivity contribution in [1.29, 1.82) is 0 Å². The molecule has 0 fully saturated rings. The minimum Gasteiger partial charge on any atom is -0.508 e. The molecule has 0 unspecified atom stereocenters. The maximum absolute atomic E-state index is 10.4. The van der Waals surface area contributed by atoms with Crippen LogP contribution in [-0.4, -0.2) is 5.11 Å². The Morgan fingerprint density at radius 2 is 1.26 bits per heavy atom. The van der Waals surface area contributed by atoms with Crippen LogP contribution in [0.1, 0.15) is 63.8 Å². The summed E-state index contributed by atoms with van der Waals surface area (Å²) in [7, 11) is 0. The normalized spacial score (nSPS) is 12.5. The van der Waals surface area contributed by atoms with Gasteiger partial charge in [0.2, 0.25) is 0 Å². The smallest absolute Gasteiger partial charge is 0.119 e. The Hall–Kier alpha value is -1.76. The molecule has 0 spiro atoms. The highest BCUT2D eigenvalue weighted by molar-refractivity contribution is 5.73. The summed E-state index contributed by atoms with van der Waals surface area (Å²) in [5.41, 5.74) is 7.25. The molecule has 0 atom stereocenters. The molecule has 2 aromatic rings. The summed E-state index contributed by atoms with van der Waals surface area (Å²) in [6.45, 7) is 17.4. The third kappa shape index (κ3) is 3.60. The molecule has 2 rings (SSSR count). The Morgan fingerprint density at radius 3 is 1.78 bits per heavy atom. The summed E-state index contributed by atoms with van der Waals surface area (Å²) < 4.78 is 0. The van der Waals surface area contributed by atoms with Gasteiger partial charge in [0.15, 0.2) is 0 Å². The predicted molar refractivity (Wildman–Crippen MR) is 100 cm³/mol. The highest BCUT2D eigenvalue weighted by Crippen LogP contribution is 2.38. The van der Waals surface area contributed by atoms with Crippen LogP contribution in [0.3, 0.4) is 0 Å². The average molecular weight is 310 g/mol. The van der Waals surface area contributed by atoms with E-state index >= 15 is 0 Å². The van der Waals surface area contributed by atoms with E-state index in [0.29, 0.717) is 5.75 Å². The summed E-state index contributed by atoms with van der Waals surface area (Å²) in [6, 6.07) is 10.8. The molecule has 0 saturated carbocycles. The monoisotopic (exact) mass is 310 g/mol. The van der Waals surface area contributed by atoms with Crippen LogP contribution in [0.25, 0.3) is 11.1 Å². The molecule has 0 heterocycles. The molecule has 1 nitrogen and oxygen atoms in total. The Morgan fingerprint density at radius 1 is 0.696 bits per heavy atom. The molecule has 0 radical (unpaired) electrons. The van der Waals surface area contributed by atoms with E-state index in [0.717, 1.165) is 11.1 Å². The topological polar surface area (TPSA) is 20.2 Å². The molecule has 124 valence electrons. The quantitative estimate of drug-likeness (QED) is 0.658. The van der Waals surface area contributed by atoms with Crippen LogP contribution >= 0.6 is 0 Å². The van der Waals surface area contributed by atoms with Gasteiger partial charge in [0.25, 0.3) is 0 Å². The van der Waals surface area contributed by atoms with Gasteiger partial charge in [0.05, 0.1) is 0 Å². The molecule has 0 aliphatic heterocycles. The van der Waals surface area contributed by atoms with E-state index in [4.69, 9.17) is 0 Å². The van der Waals surface area contributed by atoms with Crippen molar-refractivity contribution in [3.8, 4) is 16.9 Å². The van der Waals surface area contributed by atoms with Crippen LogP contribution in [0.5, 0.6) is 5.75 Å². The van der Waals surface area contributed by atoms with Crippen molar-refractivity contribution in [2.45, 2.75) is 66.2 Å². The Bertz CT molecular complexity index is 725. The number of aryl methyl sites for hydroxylation is 2. The predicted octanol–water partition coefficient (Wildman–Crippen LogP) is 6.27. The van der Waals surface area contributed by atoms with Crippen LogP contribution in [0.15, 0.2) is 30.3 Å². The molecule has 2 aromatic carbocycles. The van der Waals surface area contributed by atoms with E-state index < -0.39 is 0 Å². The molecule has 1 heteroatoms. The molecule has 0 aromatic heterocycles. The summed E-state index contributed by atoms with van der Waals surface area (Å²) in [5.74, 6) is 0.392. The zero-order valence-corrected chi connectivity index (χ0v) is 15.8.